The van der Waals surface area contributed by atoms with Gasteiger partial charge in [-0.3, -0.25) is 14.5 Å². The molecule has 0 saturated carbocycles. The molecule has 1 rings (SSSR count). The van der Waals surface area contributed by atoms with E-state index in [0.717, 1.165) is 38.5 Å². The summed E-state index contributed by atoms with van der Waals surface area (Å²) >= 11 is 0. The first-order valence-corrected chi connectivity index (χ1v) is 6.26. The fourth-order valence-electron chi connectivity index (χ4n) is 2.05. The van der Waals surface area contributed by atoms with Crippen LogP contribution in [0, 0.1) is 0 Å². The van der Waals surface area contributed by atoms with Gasteiger partial charge in [0.1, 0.15) is 0 Å². The van der Waals surface area contributed by atoms with Gasteiger partial charge in [0.05, 0.1) is 0 Å². The number of carbonyl (C=O) groups excluding carboxylic acids is 2. The Hall–Kier alpha value is -1.12. The van der Waals surface area contributed by atoms with Crippen molar-refractivity contribution in [1.82, 2.24) is 4.90 Å². The Labute approximate surface area is 97.5 Å². The molecule has 0 spiro atoms. The fourth-order valence-corrected chi connectivity index (χ4v) is 2.05. The quantitative estimate of drug-likeness (QED) is 0.622. The monoisotopic (exact) mass is 223 g/mol. The van der Waals surface area contributed by atoms with E-state index in [2.05, 4.69) is 13.8 Å². The van der Waals surface area contributed by atoms with Crippen molar-refractivity contribution in [2.75, 3.05) is 0 Å². The molecule has 1 aliphatic heterocycles. The van der Waals surface area contributed by atoms with Gasteiger partial charge in [-0.25, -0.2) is 0 Å². The maximum absolute atomic E-state index is 11.6. The molecule has 0 aromatic heterocycles. The minimum Gasteiger partial charge on any atom is -0.272 e. The molecule has 0 N–H and O–H groups in total. The predicted octanol–water partition coefficient (Wildman–Crippen LogP) is 2.66. The highest BCUT2D eigenvalue weighted by atomic mass is 16.2. The van der Waals surface area contributed by atoms with Gasteiger partial charge in [0.15, 0.2) is 0 Å². The van der Waals surface area contributed by atoms with Crippen LogP contribution in [0.15, 0.2) is 12.2 Å². The molecule has 2 amide bonds. The van der Waals surface area contributed by atoms with E-state index in [-0.39, 0.29) is 17.9 Å². The maximum atomic E-state index is 11.6. The summed E-state index contributed by atoms with van der Waals surface area (Å²) < 4.78 is 0. The van der Waals surface area contributed by atoms with Gasteiger partial charge >= 0.3 is 0 Å². The molecule has 0 fully saturated rings. The third kappa shape index (κ3) is 3.19. The van der Waals surface area contributed by atoms with Crippen molar-refractivity contribution >= 4 is 11.8 Å². The van der Waals surface area contributed by atoms with E-state index in [4.69, 9.17) is 0 Å². The minimum absolute atomic E-state index is 0.106. The van der Waals surface area contributed by atoms with Crippen LogP contribution >= 0.6 is 0 Å². The van der Waals surface area contributed by atoms with Gasteiger partial charge < -0.3 is 0 Å². The lowest BCUT2D eigenvalue weighted by atomic mass is 10.0. The highest BCUT2D eigenvalue weighted by Gasteiger charge is 2.29. The van der Waals surface area contributed by atoms with E-state index < -0.39 is 0 Å². The molecule has 0 aromatic rings. The second-order valence-corrected chi connectivity index (χ2v) is 4.32. The van der Waals surface area contributed by atoms with Crippen LogP contribution in [0.2, 0.25) is 0 Å². The normalized spacial score (nSPS) is 15.6. The van der Waals surface area contributed by atoms with Crippen molar-refractivity contribution in [1.29, 1.82) is 0 Å². The SMILES string of the molecule is CCCCC(CCCC)N1C(=O)C=CC1=O. The molecular weight excluding hydrogens is 202 g/mol. The van der Waals surface area contributed by atoms with E-state index >= 15 is 0 Å². The van der Waals surface area contributed by atoms with Crippen molar-refractivity contribution in [3.05, 3.63) is 12.2 Å². The van der Waals surface area contributed by atoms with Crippen molar-refractivity contribution in [3.63, 3.8) is 0 Å². The summed E-state index contributed by atoms with van der Waals surface area (Å²) in [5.74, 6) is -0.274. The smallest absolute Gasteiger partial charge is 0.253 e. The van der Waals surface area contributed by atoms with Gasteiger partial charge in [0, 0.05) is 18.2 Å². The molecule has 0 atom stereocenters. The van der Waals surface area contributed by atoms with Crippen molar-refractivity contribution in [3.8, 4) is 0 Å². The standard InChI is InChI=1S/C13H21NO2/c1-3-5-7-11(8-6-4-2)14-12(15)9-10-13(14)16/h9-11H,3-8H2,1-2H3. The van der Waals surface area contributed by atoms with E-state index in [1.54, 1.807) is 0 Å². The van der Waals surface area contributed by atoms with Crippen LogP contribution in [0.1, 0.15) is 52.4 Å². The van der Waals surface area contributed by atoms with E-state index in [1.165, 1.54) is 17.1 Å². The number of hydrogen-bond donors (Lipinski definition) is 0. The summed E-state index contributed by atoms with van der Waals surface area (Å²) in [4.78, 5) is 24.6. The Morgan fingerprint density at radius 3 is 1.81 bits per heavy atom. The Morgan fingerprint density at radius 2 is 1.44 bits per heavy atom. The van der Waals surface area contributed by atoms with E-state index in [0.29, 0.717) is 0 Å². The van der Waals surface area contributed by atoms with Crippen LogP contribution in [0.3, 0.4) is 0 Å². The molecule has 0 aromatic carbocycles. The molecule has 0 aliphatic carbocycles. The number of nitrogens with zero attached hydrogens (tertiary/aromatic N) is 1. The van der Waals surface area contributed by atoms with Gasteiger partial charge in [-0.2, -0.15) is 0 Å². The third-order valence-corrected chi connectivity index (χ3v) is 2.99. The lowest BCUT2D eigenvalue weighted by Crippen LogP contribution is -2.40. The zero-order valence-electron chi connectivity index (χ0n) is 10.2. The predicted molar refractivity (Wildman–Crippen MR) is 63.8 cm³/mol. The number of unbranched alkanes of at least 4 members (excludes halogenated alkanes) is 2. The number of hydrogen-bond acceptors (Lipinski definition) is 2. The average molecular weight is 223 g/mol. The molecule has 16 heavy (non-hydrogen) atoms. The van der Waals surface area contributed by atoms with E-state index in [1.807, 2.05) is 0 Å². The summed E-state index contributed by atoms with van der Waals surface area (Å²) in [5.41, 5.74) is 0. The van der Waals surface area contributed by atoms with Gasteiger partial charge in [-0.1, -0.05) is 39.5 Å². The zero-order valence-corrected chi connectivity index (χ0v) is 10.2. The van der Waals surface area contributed by atoms with Crippen molar-refractivity contribution < 1.29 is 9.59 Å². The van der Waals surface area contributed by atoms with Crippen LogP contribution in [-0.4, -0.2) is 22.8 Å². The number of rotatable bonds is 7. The Morgan fingerprint density at radius 1 is 1.00 bits per heavy atom. The molecule has 90 valence electrons. The van der Waals surface area contributed by atoms with Crippen LogP contribution < -0.4 is 0 Å². The second kappa shape index (κ2) is 6.46. The lowest BCUT2D eigenvalue weighted by Gasteiger charge is -2.26. The largest absolute Gasteiger partial charge is 0.272 e. The average Bonchev–Trinajstić information content (AvgIpc) is 2.60. The van der Waals surface area contributed by atoms with Crippen LogP contribution in [0.4, 0.5) is 0 Å². The molecule has 0 radical (unpaired) electrons. The first-order chi connectivity index (χ1) is 7.70. The fraction of sp³-hybridized carbons (Fsp3) is 0.692. The van der Waals surface area contributed by atoms with Crippen LogP contribution in [0.25, 0.3) is 0 Å². The summed E-state index contributed by atoms with van der Waals surface area (Å²) in [6.07, 6.45) is 9.00. The summed E-state index contributed by atoms with van der Waals surface area (Å²) in [6.45, 7) is 4.26. The first-order valence-electron chi connectivity index (χ1n) is 6.26. The molecule has 3 heteroatoms. The highest BCUT2D eigenvalue weighted by molar-refractivity contribution is 6.13. The van der Waals surface area contributed by atoms with Crippen LogP contribution in [0.5, 0.6) is 0 Å². The Bertz CT molecular complexity index is 258. The van der Waals surface area contributed by atoms with Crippen molar-refractivity contribution in [2.24, 2.45) is 0 Å². The zero-order chi connectivity index (χ0) is 12.0. The Kier molecular flexibility index (Phi) is 5.23. The Balaban J connectivity index is 2.60. The van der Waals surface area contributed by atoms with Crippen LogP contribution in [-0.2, 0) is 9.59 Å². The summed E-state index contributed by atoms with van der Waals surface area (Å²) in [5, 5.41) is 0. The number of amides is 2. The topological polar surface area (TPSA) is 37.4 Å². The molecular formula is C13H21NO2. The third-order valence-electron chi connectivity index (χ3n) is 2.99. The maximum Gasteiger partial charge on any atom is 0.253 e. The highest BCUT2D eigenvalue weighted by Crippen LogP contribution is 2.19. The number of imide groups is 1. The molecule has 0 bridgehead atoms. The first kappa shape index (κ1) is 12.9. The second-order valence-electron chi connectivity index (χ2n) is 4.32. The van der Waals surface area contributed by atoms with Gasteiger partial charge in [0.25, 0.3) is 11.8 Å². The number of carbonyl (C=O) groups is 2. The van der Waals surface area contributed by atoms with Gasteiger partial charge in [0.2, 0.25) is 0 Å². The summed E-state index contributed by atoms with van der Waals surface area (Å²) in [7, 11) is 0. The lowest BCUT2D eigenvalue weighted by molar-refractivity contribution is -0.139. The van der Waals surface area contributed by atoms with Crippen molar-refractivity contribution in [2.45, 2.75) is 58.4 Å². The summed E-state index contributed by atoms with van der Waals surface area (Å²) in [6, 6.07) is 0.106. The molecule has 3 nitrogen and oxygen atoms in total. The molecule has 0 unspecified atom stereocenters. The molecule has 1 heterocycles. The van der Waals surface area contributed by atoms with Gasteiger partial charge in [-0.15, -0.1) is 0 Å². The van der Waals surface area contributed by atoms with E-state index in [9.17, 15) is 9.59 Å². The molecule has 0 saturated heterocycles. The minimum atomic E-state index is -0.137. The van der Waals surface area contributed by atoms with Gasteiger partial charge in [-0.05, 0) is 12.8 Å². The molecule has 1 aliphatic rings.